The first-order valence-corrected chi connectivity index (χ1v) is 11.8. The molecule has 0 radical (unpaired) electrons. The largest absolute Gasteiger partial charge is 0.435 e. The van der Waals surface area contributed by atoms with Crippen molar-refractivity contribution in [1.82, 2.24) is 9.21 Å². The van der Waals surface area contributed by atoms with Crippen LogP contribution in [0, 0.1) is 5.41 Å². The molecule has 3 saturated heterocycles. The predicted molar refractivity (Wildman–Crippen MR) is 108 cm³/mol. The number of halogens is 2. The molecule has 3 heterocycles. The van der Waals surface area contributed by atoms with Crippen molar-refractivity contribution in [2.45, 2.75) is 68.7 Å². The highest BCUT2D eigenvalue weighted by Crippen LogP contribution is 2.51. The van der Waals surface area contributed by atoms with E-state index in [-0.39, 0.29) is 21.7 Å². The van der Waals surface area contributed by atoms with Crippen LogP contribution in [-0.2, 0) is 14.8 Å². The van der Waals surface area contributed by atoms with Gasteiger partial charge in [-0.15, -0.1) is 0 Å². The SMILES string of the molecule is COC(C)(C)CN1C2CCC1CC1(C2)CN(S(=O)(=O)c2ccc(OC(F)F)cc2)C1. The molecule has 1 spiro atoms. The summed E-state index contributed by atoms with van der Waals surface area (Å²) in [6.45, 7) is 3.22. The maximum atomic E-state index is 13.0. The molecule has 6 nitrogen and oxygen atoms in total. The highest BCUT2D eigenvalue weighted by Gasteiger charge is 2.56. The van der Waals surface area contributed by atoms with E-state index in [1.54, 1.807) is 7.11 Å². The van der Waals surface area contributed by atoms with Gasteiger partial charge in [0.05, 0.1) is 10.5 Å². The molecule has 3 aliphatic heterocycles. The molecular weight excluding hydrogens is 414 g/mol. The second kappa shape index (κ2) is 7.69. The van der Waals surface area contributed by atoms with Crippen molar-refractivity contribution < 1.29 is 26.7 Å². The summed E-state index contributed by atoms with van der Waals surface area (Å²) in [5.74, 6) is -0.0491. The van der Waals surface area contributed by atoms with Gasteiger partial charge in [0.25, 0.3) is 0 Å². The minimum atomic E-state index is -3.63. The van der Waals surface area contributed by atoms with Gasteiger partial charge in [0.1, 0.15) is 5.75 Å². The molecule has 0 aliphatic carbocycles. The Morgan fingerprint density at radius 3 is 2.20 bits per heavy atom. The van der Waals surface area contributed by atoms with E-state index >= 15 is 0 Å². The number of hydrogen-bond donors (Lipinski definition) is 0. The fraction of sp³-hybridized carbons (Fsp3) is 0.714. The van der Waals surface area contributed by atoms with Crippen LogP contribution in [0.1, 0.15) is 39.5 Å². The van der Waals surface area contributed by atoms with Gasteiger partial charge < -0.3 is 9.47 Å². The second-order valence-corrected chi connectivity index (χ2v) is 11.5. The maximum Gasteiger partial charge on any atom is 0.387 e. The third-order valence-corrected chi connectivity index (χ3v) is 8.74. The lowest BCUT2D eigenvalue weighted by Crippen LogP contribution is -2.64. The monoisotopic (exact) mass is 444 g/mol. The molecule has 30 heavy (non-hydrogen) atoms. The van der Waals surface area contributed by atoms with Gasteiger partial charge in [0.15, 0.2) is 0 Å². The van der Waals surface area contributed by atoms with Gasteiger partial charge in [-0.1, -0.05) is 0 Å². The third kappa shape index (κ3) is 4.09. The van der Waals surface area contributed by atoms with Crippen molar-refractivity contribution in [2.75, 3.05) is 26.7 Å². The van der Waals surface area contributed by atoms with E-state index in [0.29, 0.717) is 25.2 Å². The lowest BCUT2D eigenvalue weighted by Gasteiger charge is -2.56. The van der Waals surface area contributed by atoms with Gasteiger partial charge >= 0.3 is 6.61 Å². The molecule has 1 aromatic rings. The Bertz CT molecular complexity index is 853. The average molecular weight is 445 g/mol. The van der Waals surface area contributed by atoms with E-state index in [0.717, 1.165) is 32.2 Å². The van der Waals surface area contributed by atoms with E-state index in [1.807, 2.05) is 0 Å². The fourth-order valence-corrected chi connectivity index (χ4v) is 7.04. The molecule has 168 valence electrons. The number of nitrogens with zero attached hydrogens (tertiary/aromatic N) is 2. The number of methoxy groups -OCH3 is 1. The van der Waals surface area contributed by atoms with Crippen molar-refractivity contribution in [1.29, 1.82) is 0 Å². The first-order chi connectivity index (χ1) is 14.0. The summed E-state index contributed by atoms with van der Waals surface area (Å²) in [5, 5.41) is 0. The molecule has 2 unspecified atom stereocenters. The van der Waals surface area contributed by atoms with Crippen LogP contribution in [0.3, 0.4) is 0 Å². The average Bonchev–Trinajstić information content (AvgIpc) is 2.88. The minimum Gasteiger partial charge on any atom is -0.435 e. The summed E-state index contributed by atoms with van der Waals surface area (Å²) in [4.78, 5) is 2.68. The topological polar surface area (TPSA) is 59.1 Å². The molecule has 0 aromatic heterocycles. The third-order valence-electron chi connectivity index (χ3n) is 6.93. The lowest BCUT2D eigenvalue weighted by molar-refractivity contribution is -0.0721. The second-order valence-electron chi connectivity index (χ2n) is 9.55. The molecule has 4 rings (SSSR count). The summed E-state index contributed by atoms with van der Waals surface area (Å²) >= 11 is 0. The maximum absolute atomic E-state index is 13.0. The van der Waals surface area contributed by atoms with E-state index in [9.17, 15) is 17.2 Å². The van der Waals surface area contributed by atoms with Crippen LogP contribution in [0.15, 0.2) is 29.2 Å². The Labute approximate surface area is 177 Å². The van der Waals surface area contributed by atoms with Crippen LogP contribution in [0.25, 0.3) is 0 Å². The minimum absolute atomic E-state index is 0.0470. The highest BCUT2D eigenvalue weighted by molar-refractivity contribution is 7.89. The highest BCUT2D eigenvalue weighted by atomic mass is 32.2. The van der Waals surface area contributed by atoms with Crippen LogP contribution in [0.4, 0.5) is 8.78 Å². The van der Waals surface area contributed by atoms with Crippen LogP contribution in [0.5, 0.6) is 5.75 Å². The van der Waals surface area contributed by atoms with E-state index in [2.05, 4.69) is 23.5 Å². The summed E-state index contributed by atoms with van der Waals surface area (Å²) in [6, 6.07) is 6.16. The summed E-state index contributed by atoms with van der Waals surface area (Å²) in [6.07, 6.45) is 4.34. The summed E-state index contributed by atoms with van der Waals surface area (Å²) < 4.78 is 61.9. The Morgan fingerprint density at radius 2 is 1.70 bits per heavy atom. The van der Waals surface area contributed by atoms with Gasteiger partial charge in [-0.2, -0.15) is 13.1 Å². The molecule has 0 N–H and O–H groups in total. The fourth-order valence-electron chi connectivity index (χ4n) is 5.37. The van der Waals surface area contributed by atoms with Gasteiger partial charge in [-0.3, -0.25) is 4.90 Å². The molecule has 3 fully saturated rings. The first-order valence-electron chi connectivity index (χ1n) is 10.4. The standard InChI is InChI=1S/C21H30F2N2O4S/c1-20(2,28-3)12-25-15-4-5-16(25)11-21(10-15)13-24(14-21)30(26,27)18-8-6-17(7-9-18)29-19(22)23/h6-9,15-16,19H,4-5,10-14H2,1-3H3. The Morgan fingerprint density at radius 1 is 1.13 bits per heavy atom. The smallest absolute Gasteiger partial charge is 0.387 e. The number of hydrogen-bond acceptors (Lipinski definition) is 5. The van der Waals surface area contributed by atoms with Crippen molar-refractivity contribution in [3.05, 3.63) is 24.3 Å². The number of benzene rings is 1. The van der Waals surface area contributed by atoms with Gasteiger partial charge in [-0.05, 0) is 63.8 Å². The van der Waals surface area contributed by atoms with Crippen molar-refractivity contribution in [3.8, 4) is 5.75 Å². The number of ether oxygens (including phenoxy) is 2. The zero-order valence-corrected chi connectivity index (χ0v) is 18.5. The molecule has 0 amide bonds. The van der Waals surface area contributed by atoms with Crippen molar-refractivity contribution in [3.63, 3.8) is 0 Å². The molecule has 3 aliphatic rings. The Hall–Kier alpha value is -1.29. The Balaban J connectivity index is 1.40. The number of fused-ring (bicyclic) bond motifs is 2. The van der Waals surface area contributed by atoms with Crippen LogP contribution in [-0.4, -0.2) is 68.7 Å². The lowest BCUT2D eigenvalue weighted by atomic mass is 9.70. The van der Waals surface area contributed by atoms with Gasteiger partial charge in [-0.25, -0.2) is 8.42 Å². The van der Waals surface area contributed by atoms with Gasteiger partial charge in [0.2, 0.25) is 10.0 Å². The zero-order chi connectivity index (χ0) is 21.7. The first kappa shape index (κ1) is 21.9. The number of sulfonamides is 1. The molecule has 2 atom stereocenters. The van der Waals surface area contributed by atoms with Crippen LogP contribution in [0.2, 0.25) is 0 Å². The molecule has 0 saturated carbocycles. The van der Waals surface area contributed by atoms with Crippen LogP contribution < -0.4 is 4.74 Å². The van der Waals surface area contributed by atoms with E-state index in [4.69, 9.17) is 4.74 Å². The predicted octanol–water partition coefficient (Wildman–Crippen LogP) is 3.33. The molecule has 9 heteroatoms. The zero-order valence-electron chi connectivity index (χ0n) is 17.7. The quantitative estimate of drug-likeness (QED) is 0.646. The van der Waals surface area contributed by atoms with Crippen LogP contribution >= 0.6 is 0 Å². The molecule has 1 aromatic carbocycles. The summed E-state index contributed by atoms with van der Waals surface area (Å²) in [5.41, 5.74) is -0.147. The Kier molecular flexibility index (Phi) is 5.62. The van der Waals surface area contributed by atoms with E-state index in [1.165, 1.54) is 28.6 Å². The summed E-state index contributed by atoms with van der Waals surface area (Å²) in [7, 11) is -1.88. The normalized spacial score (nSPS) is 26.9. The van der Waals surface area contributed by atoms with Crippen molar-refractivity contribution in [2.24, 2.45) is 5.41 Å². The molecule has 2 bridgehead atoms. The number of piperidine rings is 1. The van der Waals surface area contributed by atoms with Crippen molar-refractivity contribution >= 4 is 10.0 Å². The van der Waals surface area contributed by atoms with Gasteiger partial charge in [0, 0.05) is 44.2 Å². The molecular formula is C21H30F2N2O4S. The number of rotatable bonds is 7. The van der Waals surface area contributed by atoms with E-state index < -0.39 is 16.6 Å². The number of alkyl halides is 2.